The second-order valence-electron chi connectivity index (χ2n) is 8.09. The number of fused-ring (bicyclic) bond motifs is 1. The Morgan fingerprint density at radius 2 is 1.86 bits per heavy atom. The number of nitrogens with zero attached hydrogens (tertiary/aromatic N) is 1. The summed E-state index contributed by atoms with van der Waals surface area (Å²) < 4.78 is 0. The van der Waals surface area contributed by atoms with Crippen LogP contribution in [0.25, 0.3) is 0 Å². The number of rotatable bonds is 1. The molecule has 1 unspecified atom stereocenters. The molecule has 3 N–H and O–H groups in total. The standard InChI is InChI=1S/C19H30N2O/c1-13-11-14-5-8-18(2,3)19(22,16(14)12-17(13)20)15-6-9-21(4)10-7-15/h11-12,15,22H,5-10,20H2,1-4H3. The first kappa shape index (κ1) is 15.8. The molecule has 1 aliphatic carbocycles. The topological polar surface area (TPSA) is 49.5 Å². The molecule has 122 valence electrons. The lowest BCUT2D eigenvalue weighted by Gasteiger charge is -2.53. The van der Waals surface area contributed by atoms with Gasteiger partial charge in [-0.2, -0.15) is 0 Å². The number of anilines is 1. The van der Waals surface area contributed by atoms with Crippen LogP contribution >= 0.6 is 0 Å². The molecule has 1 aromatic carbocycles. The first-order valence-corrected chi connectivity index (χ1v) is 8.56. The van der Waals surface area contributed by atoms with Crippen molar-refractivity contribution < 1.29 is 5.11 Å². The molecule has 1 atom stereocenters. The molecule has 0 saturated carbocycles. The molecule has 1 heterocycles. The SMILES string of the molecule is Cc1cc2c(cc1N)C(O)(C1CCN(C)CC1)C(C)(C)CC2. The maximum atomic E-state index is 11.9. The van der Waals surface area contributed by atoms with E-state index in [-0.39, 0.29) is 5.41 Å². The highest BCUT2D eigenvalue weighted by atomic mass is 16.3. The summed E-state index contributed by atoms with van der Waals surface area (Å²) >= 11 is 0. The molecule has 1 aliphatic heterocycles. The summed E-state index contributed by atoms with van der Waals surface area (Å²) in [6.45, 7) is 8.65. The monoisotopic (exact) mass is 302 g/mol. The van der Waals surface area contributed by atoms with Gasteiger partial charge in [-0.25, -0.2) is 0 Å². The van der Waals surface area contributed by atoms with Crippen molar-refractivity contribution in [3.8, 4) is 0 Å². The van der Waals surface area contributed by atoms with Crippen molar-refractivity contribution in [3.63, 3.8) is 0 Å². The zero-order valence-electron chi connectivity index (χ0n) is 14.4. The van der Waals surface area contributed by atoms with E-state index in [1.165, 1.54) is 5.56 Å². The highest BCUT2D eigenvalue weighted by molar-refractivity contribution is 5.54. The molecule has 3 nitrogen and oxygen atoms in total. The second kappa shape index (κ2) is 5.24. The van der Waals surface area contributed by atoms with Crippen LogP contribution in [0.1, 0.15) is 49.8 Å². The Kier molecular flexibility index (Phi) is 3.77. The summed E-state index contributed by atoms with van der Waals surface area (Å²) in [5.74, 6) is 0.319. The lowest BCUT2D eigenvalue weighted by atomic mass is 9.56. The van der Waals surface area contributed by atoms with Gasteiger partial charge in [0.05, 0.1) is 5.60 Å². The minimum absolute atomic E-state index is 0.109. The molecule has 3 heteroatoms. The number of hydrogen-bond donors (Lipinski definition) is 2. The Morgan fingerprint density at radius 3 is 2.50 bits per heavy atom. The summed E-state index contributed by atoms with van der Waals surface area (Å²) in [6, 6.07) is 4.25. The minimum atomic E-state index is -0.760. The molecule has 1 fully saturated rings. The van der Waals surface area contributed by atoms with Crippen LogP contribution in [0.3, 0.4) is 0 Å². The molecule has 0 spiro atoms. The third-order valence-electron chi connectivity index (χ3n) is 6.26. The molecule has 1 saturated heterocycles. The summed E-state index contributed by atoms with van der Waals surface area (Å²) in [5.41, 5.74) is 9.65. The molecule has 0 bridgehead atoms. The van der Waals surface area contributed by atoms with E-state index in [2.05, 4.69) is 44.9 Å². The van der Waals surface area contributed by atoms with Gasteiger partial charge < -0.3 is 15.7 Å². The zero-order chi connectivity index (χ0) is 16.1. The van der Waals surface area contributed by atoms with Gasteiger partial charge in [-0.15, -0.1) is 0 Å². The Balaban J connectivity index is 2.09. The smallest absolute Gasteiger partial charge is 0.0979 e. The van der Waals surface area contributed by atoms with Crippen LogP contribution in [0.2, 0.25) is 0 Å². The van der Waals surface area contributed by atoms with E-state index in [0.29, 0.717) is 5.92 Å². The van der Waals surface area contributed by atoms with Gasteiger partial charge in [0, 0.05) is 5.69 Å². The molecule has 1 aromatic rings. The van der Waals surface area contributed by atoms with Crippen molar-refractivity contribution >= 4 is 5.69 Å². The summed E-state index contributed by atoms with van der Waals surface area (Å²) in [4.78, 5) is 2.36. The van der Waals surface area contributed by atoms with Crippen molar-refractivity contribution in [2.75, 3.05) is 25.9 Å². The lowest BCUT2D eigenvalue weighted by molar-refractivity contribution is -0.142. The number of hydrogen-bond acceptors (Lipinski definition) is 3. The molecular weight excluding hydrogens is 272 g/mol. The van der Waals surface area contributed by atoms with Gasteiger partial charge in [-0.05, 0) is 86.8 Å². The van der Waals surface area contributed by atoms with Gasteiger partial charge in [0.2, 0.25) is 0 Å². The number of aryl methyl sites for hydroxylation is 2. The van der Waals surface area contributed by atoms with E-state index >= 15 is 0 Å². The summed E-state index contributed by atoms with van der Waals surface area (Å²) in [5, 5.41) is 11.9. The average Bonchev–Trinajstić information content (AvgIpc) is 2.46. The summed E-state index contributed by atoms with van der Waals surface area (Å²) in [7, 11) is 2.17. The molecule has 3 rings (SSSR count). The van der Waals surface area contributed by atoms with Crippen LogP contribution in [0, 0.1) is 18.3 Å². The normalized spacial score (nSPS) is 29.3. The van der Waals surface area contributed by atoms with Crippen LogP contribution in [0.5, 0.6) is 0 Å². The fourth-order valence-electron chi connectivity index (χ4n) is 4.55. The Labute approximate surface area is 134 Å². The number of benzene rings is 1. The quantitative estimate of drug-likeness (QED) is 0.784. The van der Waals surface area contributed by atoms with Crippen molar-refractivity contribution in [2.24, 2.45) is 11.3 Å². The van der Waals surface area contributed by atoms with Gasteiger partial charge >= 0.3 is 0 Å². The number of likely N-dealkylation sites (tertiary alicyclic amines) is 1. The number of piperidine rings is 1. The van der Waals surface area contributed by atoms with Crippen molar-refractivity contribution in [2.45, 2.75) is 52.1 Å². The van der Waals surface area contributed by atoms with E-state index in [1.807, 2.05) is 0 Å². The van der Waals surface area contributed by atoms with E-state index in [0.717, 1.165) is 55.6 Å². The van der Waals surface area contributed by atoms with Crippen LogP contribution in [0.15, 0.2) is 12.1 Å². The highest BCUT2D eigenvalue weighted by Crippen LogP contribution is 2.55. The largest absolute Gasteiger partial charge is 0.399 e. The van der Waals surface area contributed by atoms with Gasteiger partial charge in [0.1, 0.15) is 0 Å². The minimum Gasteiger partial charge on any atom is -0.399 e. The van der Waals surface area contributed by atoms with E-state index in [9.17, 15) is 5.11 Å². The first-order valence-electron chi connectivity index (χ1n) is 8.56. The van der Waals surface area contributed by atoms with Crippen LogP contribution in [-0.2, 0) is 12.0 Å². The predicted molar refractivity (Wildman–Crippen MR) is 91.8 cm³/mol. The van der Waals surface area contributed by atoms with Crippen molar-refractivity contribution in [1.29, 1.82) is 0 Å². The van der Waals surface area contributed by atoms with Gasteiger partial charge in [0.15, 0.2) is 0 Å². The van der Waals surface area contributed by atoms with E-state index in [4.69, 9.17) is 5.73 Å². The van der Waals surface area contributed by atoms with Crippen molar-refractivity contribution in [3.05, 3.63) is 28.8 Å². The third kappa shape index (κ3) is 2.26. The van der Waals surface area contributed by atoms with Crippen molar-refractivity contribution in [1.82, 2.24) is 4.90 Å². The Bertz CT molecular complexity index is 573. The highest BCUT2D eigenvalue weighted by Gasteiger charge is 2.53. The summed E-state index contributed by atoms with van der Waals surface area (Å²) in [6.07, 6.45) is 4.19. The average molecular weight is 302 g/mol. The Hall–Kier alpha value is -1.06. The molecule has 0 aromatic heterocycles. The van der Waals surface area contributed by atoms with Crippen LogP contribution < -0.4 is 5.73 Å². The number of nitrogen functional groups attached to an aromatic ring is 1. The lowest BCUT2D eigenvalue weighted by Crippen LogP contribution is -2.53. The van der Waals surface area contributed by atoms with Gasteiger partial charge in [-0.1, -0.05) is 19.9 Å². The van der Waals surface area contributed by atoms with Crippen LogP contribution in [0.4, 0.5) is 5.69 Å². The zero-order valence-corrected chi connectivity index (χ0v) is 14.4. The number of aliphatic hydroxyl groups is 1. The van der Waals surface area contributed by atoms with Crippen LogP contribution in [-0.4, -0.2) is 30.1 Å². The van der Waals surface area contributed by atoms with Gasteiger partial charge in [0.25, 0.3) is 0 Å². The Morgan fingerprint density at radius 1 is 1.23 bits per heavy atom. The fraction of sp³-hybridized carbons (Fsp3) is 0.684. The molecule has 2 aliphatic rings. The first-order chi connectivity index (χ1) is 10.3. The molecule has 0 amide bonds. The second-order valence-corrected chi connectivity index (χ2v) is 8.09. The number of nitrogens with two attached hydrogens (primary N) is 1. The molecule has 22 heavy (non-hydrogen) atoms. The fourth-order valence-corrected chi connectivity index (χ4v) is 4.55. The van der Waals surface area contributed by atoms with Gasteiger partial charge in [-0.3, -0.25) is 0 Å². The van der Waals surface area contributed by atoms with E-state index in [1.54, 1.807) is 0 Å². The third-order valence-corrected chi connectivity index (χ3v) is 6.26. The maximum Gasteiger partial charge on any atom is 0.0979 e. The maximum absolute atomic E-state index is 11.9. The van der Waals surface area contributed by atoms with E-state index < -0.39 is 5.60 Å². The molecular formula is C19H30N2O. The molecule has 0 radical (unpaired) electrons. The predicted octanol–water partition coefficient (Wildman–Crippen LogP) is 3.08.